The van der Waals surface area contributed by atoms with E-state index < -0.39 is 11.9 Å². The number of aromatic nitrogens is 2. The van der Waals surface area contributed by atoms with E-state index in [1.54, 1.807) is 11.3 Å². The van der Waals surface area contributed by atoms with Crippen LogP contribution < -0.4 is 4.90 Å². The Hall–Kier alpha value is -2.65. The molecule has 2 N–H and O–H groups in total. The molecule has 3 fully saturated rings. The van der Waals surface area contributed by atoms with Crippen LogP contribution in [0.25, 0.3) is 10.6 Å². The number of imidazole rings is 1. The summed E-state index contributed by atoms with van der Waals surface area (Å²) >= 11 is 1.78. The average molecular weight is 404 g/mol. The first-order chi connectivity index (χ1) is 13.5. The second-order valence-electron chi connectivity index (χ2n) is 6.76. The van der Waals surface area contributed by atoms with Gasteiger partial charge in [0.1, 0.15) is 0 Å². The van der Waals surface area contributed by atoms with Gasteiger partial charge in [0.2, 0.25) is 5.95 Å². The Labute approximate surface area is 167 Å². The van der Waals surface area contributed by atoms with Gasteiger partial charge in [0, 0.05) is 51.4 Å². The molecule has 0 aliphatic carbocycles. The SMILES string of the molecule is Cn1c(-c2cccs2)cnc1N1CCN2CCC1CC2.O=C(O)/C=C/C(=O)O. The van der Waals surface area contributed by atoms with E-state index in [-0.39, 0.29) is 0 Å². The molecular weight excluding hydrogens is 380 g/mol. The zero-order valence-electron chi connectivity index (χ0n) is 15.7. The first-order valence-corrected chi connectivity index (χ1v) is 10.0. The largest absolute Gasteiger partial charge is 0.478 e. The molecule has 0 radical (unpaired) electrons. The lowest BCUT2D eigenvalue weighted by Crippen LogP contribution is -2.39. The fourth-order valence-electron chi connectivity index (χ4n) is 3.61. The second kappa shape index (κ2) is 9.03. The number of carbonyl (C=O) groups is 2. The van der Waals surface area contributed by atoms with Gasteiger partial charge in [0.05, 0.1) is 16.8 Å². The molecule has 0 spiro atoms. The van der Waals surface area contributed by atoms with Crippen LogP contribution in [0.1, 0.15) is 12.8 Å². The number of thiophene rings is 1. The van der Waals surface area contributed by atoms with E-state index in [0.717, 1.165) is 12.5 Å². The van der Waals surface area contributed by atoms with Crippen LogP contribution in [-0.4, -0.2) is 68.8 Å². The van der Waals surface area contributed by atoms with Gasteiger partial charge in [-0.15, -0.1) is 11.3 Å². The van der Waals surface area contributed by atoms with E-state index in [9.17, 15) is 9.59 Å². The molecule has 28 heavy (non-hydrogen) atoms. The van der Waals surface area contributed by atoms with Gasteiger partial charge < -0.3 is 24.6 Å². The third-order valence-electron chi connectivity index (χ3n) is 5.02. The molecule has 0 aromatic carbocycles. The van der Waals surface area contributed by atoms with Gasteiger partial charge in [0.15, 0.2) is 0 Å². The fraction of sp³-hybridized carbons (Fsp3) is 0.421. The van der Waals surface area contributed by atoms with Gasteiger partial charge in [0.25, 0.3) is 0 Å². The molecule has 8 nitrogen and oxygen atoms in total. The molecule has 0 amide bonds. The van der Waals surface area contributed by atoms with Crippen molar-refractivity contribution in [2.45, 2.75) is 18.9 Å². The van der Waals surface area contributed by atoms with E-state index in [1.807, 2.05) is 6.20 Å². The van der Waals surface area contributed by atoms with Gasteiger partial charge >= 0.3 is 11.9 Å². The Bertz CT molecular complexity index is 822. The number of hydrogen-bond acceptors (Lipinski definition) is 6. The lowest BCUT2D eigenvalue weighted by Gasteiger charge is -2.32. The third-order valence-corrected chi connectivity index (χ3v) is 5.91. The number of carboxylic acid groups (broad SMARTS) is 2. The minimum Gasteiger partial charge on any atom is -0.478 e. The van der Waals surface area contributed by atoms with Crippen molar-refractivity contribution >= 4 is 29.2 Å². The molecule has 0 unspecified atom stereocenters. The second-order valence-corrected chi connectivity index (χ2v) is 7.70. The summed E-state index contributed by atoms with van der Waals surface area (Å²) in [6.45, 7) is 4.80. The summed E-state index contributed by atoms with van der Waals surface area (Å²) in [7, 11) is 2.15. The van der Waals surface area contributed by atoms with Crippen LogP contribution in [0.4, 0.5) is 5.95 Å². The normalized spacial score (nSPS) is 21.2. The van der Waals surface area contributed by atoms with Gasteiger partial charge in [-0.2, -0.15) is 0 Å². The van der Waals surface area contributed by atoms with Crippen LogP contribution >= 0.6 is 11.3 Å². The van der Waals surface area contributed by atoms with Crippen LogP contribution in [0, 0.1) is 0 Å². The zero-order chi connectivity index (χ0) is 20.1. The maximum Gasteiger partial charge on any atom is 0.328 e. The summed E-state index contributed by atoms with van der Waals surface area (Å²) < 4.78 is 2.26. The summed E-state index contributed by atoms with van der Waals surface area (Å²) in [5, 5.41) is 17.8. The van der Waals surface area contributed by atoms with Crippen LogP contribution in [-0.2, 0) is 16.6 Å². The van der Waals surface area contributed by atoms with Gasteiger partial charge in [-0.3, -0.25) is 0 Å². The standard InChI is InChI=1S/C15H20N4S.C4H4O4/c1-17-13(14-3-2-10-20-14)11-16-15(17)19-9-8-18-6-4-12(19)5-7-18;5-3(6)1-2-4(7)8/h2-3,10-12H,4-9H2,1H3;1-2H,(H,5,6)(H,7,8)/b;2-1+. The number of carboxylic acids is 2. The Morgan fingerprint density at radius 2 is 1.82 bits per heavy atom. The first-order valence-electron chi connectivity index (χ1n) is 9.14. The number of piperidine rings is 1. The molecule has 5 heterocycles. The highest BCUT2D eigenvalue weighted by Crippen LogP contribution is 2.31. The highest BCUT2D eigenvalue weighted by molar-refractivity contribution is 7.13. The number of hydrogen-bond donors (Lipinski definition) is 2. The van der Waals surface area contributed by atoms with Crippen molar-refractivity contribution in [2.75, 3.05) is 31.1 Å². The number of nitrogens with zero attached hydrogens (tertiary/aromatic N) is 4. The predicted molar refractivity (Wildman–Crippen MR) is 108 cm³/mol. The molecular formula is C19H24N4O4S. The number of aliphatic carboxylic acids is 2. The zero-order valence-corrected chi connectivity index (χ0v) is 16.5. The van der Waals surface area contributed by atoms with Crippen LogP contribution in [0.3, 0.4) is 0 Å². The van der Waals surface area contributed by atoms with Gasteiger partial charge in [-0.25, -0.2) is 14.6 Å². The first kappa shape index (κ1) is 20.1. The van der Waals surface area contributed by atoms with Crippen molar-refractivity contribution in [3.05, 3.63) is 35.9 Å². The summed E-state index contributed by atoms with van der Waals surface area (Å²) in [6.07, 6.45) is 5.70. The Balaban J connectivity index is 0.000000242. The van der Waals surface area contributed by atoms with Crippen molar-refractivity contribution in [1.82, 2.24) is 14.5 Å². The van der Waals surface area contributed by atoms with Crippen molar-refractivity contribution in [1.29, 1.82) is 0 Å². The van der Waals surface area contributed by atoms with Gasteiger partial charge in [-0.05, 0) is 24.3 Å². The van der Waals surface area contributed by atoms with E-state index in [2.05, 4.69) is 38.9 Å². The predicted octanol–water partition coefficient (Wildman–Crippen LogP) is 2.14. The maximum absolute atomic E-state index is 9.55. The summed E-state index contributed by atoms with van der Waals surface area (Å²) in [6, 6.07) is 4.95. The van der Waals surface area contributed by atoms with Crippen molar-refractivity contribution in [3.63, 3.8) is 0 Å². The van der Waals surface area contributed by atoms with Crippen LogP contribution in [0.5, 0.6) is 0 Å². The smallest absolute Gasteiger partial charge is 0.328 e. The molecule has 9 heteroatoms. The molecule has 0 saturated carbocycles. The highest BCUT2D eigenvalue weighted by atomic mass is 32.1. The summed E-state index contributed by atoms with van der Waals surface area (Å²) in [5.74, 6) is -1.37. The quantitative estimate of drug-likeness (QED) is 0.753. The van der Waals surface area contributed by atoms with E-state index >= 15 is 0 Å². The molecule has 5 rings (SSSR count). The fourth-order valence-corrected chi connectivity index (χ4v) is 4.38. The minimum atomic E-state index is -1.26. The number of anilines is 1. The highest BCUT2D eigenvalue weighted by Gasteiger charge is 2.31. The van der Waals surface area contributed by atoms with Crippen molar-refractivity contribution in [2.24, 2.45) is 7.05 Å². The summed E-state index contributed by atoms with van der Waals surface area (Å²) in [4.78, 5) is 30.3. The average Bonchev–Trinajstić information content (AvgIpc) is 3.23. The number of rotatable bonds is 4. The van der Waals surface area contributed by atoms with E-state index in [4.69, 9.17) is 15.2 Å². The summed E-state index contributed by atoms with van der Waals surface area (Å²) in [5.41, 5.74) is 1.23. The van der Waals surface area contributed by atoms with Crippen LogP contribution in [0.15, 0.2) is 35.9 Å². The van der Waals surface area contributed by atoms with E-state index in [0.29, 0.717) is 18.2 Å². The topological polar surface area (TPSA) is 98.9 Å². The Morgan fingerprint density at radius 1 is 1.14 bits per heavy atom. The minimum absolute atomic E-state index is 0.558. The molecule has 3 saturated heterocycles. The molecule has 2 aromatic rings. The van der Waals surface area contributed by atoms with E-state index in [1.165, 1.54) is 43.0 Å². The third kappa shape index (κ3) is 4.79. The molecule has 3 aliphatic rings. The Morgan fingerprint density at radius 3 is 2.39 bits per heavy atom. The maximum atomic E-state index is 9.55. The van der Waals surface area contributed by atoms with Crippen LogP contribution in [0.2, 0.25) is 0 Å². The number of fused-ring (bicyclic) bond motifs is 4. The monoisotopic (exact) mass is 404 g/mol. The Kier molecular flexibility index (Phi) is 6.48. The molecule has 0 atom stereocenters. The lowest BCUT2D eigenvalue weighted by molar-refractivity contribution is -0.134. The molecule has 2 bridgehead atoms. The molecule has 3 aliphatic heterocycles. The molecule has 2 aromatic heterocycles. The van der Waals surface area contributed by atoms with Gasteiger partial charge in [-0.1, -0.05) is 6.07 Å². The van der Waals surface area contributed by atoms with Crippen molar-refractivity contribution in [3.8, 4) is 10.6 Å². The van der Waals surface area contributed by atoms with Crippen molar-refractivity contribution < 1.29 is 19.8 Å². The molecule has 150 valence electrons. The lowest BCUT2D eigenvalue weighted by atomic mass is 10.1.